The van der Waals surface area contributed by atoms with Crippen LogP contribution in [0.2, 0.25) is 0 Å². The van der Waals surface area contributed by atoms with Crippen molar-refractivity contribution in [2.75, 3.05) is 0 Å². The second-order valence-electron chi connectivity index (χ2n) is 5.12. The number of amides is 2. The van der Waals surface area contributed by atoms with Crippen LogP contribution in [0.3, 0.4) is 0 Å². The van der Waals surface area contributed by atoms with E-state index in [1.54, 1.807) is 13.1 Å². The number of para-hydroxylation sites is 1. The number of nitrogens with one attached hydrogen (secondary N) is 2. The van der Waals surface area contributed by atoms with Crippen LogP contribution in [0.25, 0.3) is 10.9 Å². The van der Waals surface area contributed by atoms with Crippen molar-refractivity contribution in [3.05, 3.63) is 59.8 Å². The first-order valence-electron chi connectivity index (χ1n) is 6.99. The molecule has 0 aliphatic heterocycles. The minimum atomic E-state index is -0.522. The van der Waals surface area contributed by atoms with Crippen LogP contribution in [-0.4, -0.2) is 26.3 Å². The number of hydrogen-bond acceptors (Lipinski definition) is 4. The van der Waals surface area contributed by atoms with Gasteiger partial charge in [-0.2, -0.15) is 0 Å². The molecule has 0 spiro atoms. The minimum absolute atomic E-state index is 0.133. The van der Waals surface area contributed by atoms with E-state index in [1.165, 1.54) is 12.4 Å². The molecule has 0 atom stereocenters. The van der Waals surface area contributed by atoms with Crippen LogP contribution in [0.1, 0.15) is 26.5 Å². The molecule has 7 nitrogen and oxygen atoms in total. The lowest BCUT2D eigenvalue weighted by Crippen LogP contribution is -2.42. The summed E-state index contributed by atoms with van der Waals surface area (Å²) >= 11 is 0. The Bertz CT molecular complexity index is 883. The van der Waals surface area contributed by atoms with Crippen molar-refractivity contribution < 1.29 is 9.59 Å². The lowest BCUT2D eigenvalue weighted by atomic mass is 10.2. The molecule has 3 aromatic rings. The van der Waals surface area contributed by atoms with Gasteiger partial charge in [-0.1, -0.05) is 18.2 Å². The third-order valence-corrected chi connectivity index (χ3v) is 3.44. The zero-order valence-electron chi connectivity index (χ0n) is 12.7. The van der Waals surface area contributed by atoms with E-state index in [1.807, 2.05) is 35.9 Å². The Kier molecular flexibility index (Phi) is 3.76. The SMILES string of the molecule is Cc1cnc(C(=O)NNC(=O)c2cn(C)c3ccccc23)cn1. The van der Waals surface area contributed by atoms with Gasteiger partial charge in [0.1, 0.15) is 5.69 Å². The molecule has 7 heteroatoms. The lowest BCUT2D eigenvalue weighted by Gasteiger charge is -2.06. The van der Waals surface area contributed by atoms with Crippen molar-refractivity contribution >= 4 is 22.7 Å². The number of rotatable bonds is 2. The van der Waals surface area contributed by atoms with Crippen molar-refractivity contribution in [3.8, 4) is 0 Å². The van der Waals surface area contributed by atoms with E-state index in [0.29, 0.717) is 11.3 Å². The van der Waals surface area contributed by atoms with Gasteiger partial charge in [0.25, 0.3) is 11.8 Å². The lowest BCUT2D eigenvalue weighted by molar-refractivity contribution is 0.0844. The Balaban J connectivity index is 1.74. The normalized spacial score (nSPS) is 10.5. The number of hydrazine groups is 1. The molecule has 2 heterocycles. The molecule has 0 fully saturated rings. The van der Waals surface area contributed by atoms with E-state index in [4.69, 9.17) is 0 Å². The van der Waals surface area contributed by atoms with E-state index in [-0.39, 0.29) is 5.69 Å². The highest BCUT2D eigenvalue weighted by Crippen LogP contribution is 2.19. The maximum atomic E-state index is 12.3. The third-order valence-electron chi connectivity index (χ3n) is 3.44. The number of fused-ring (bicyclic) bond motifs is 1. The van der Waals surface area contributed by atoms with Crippen molar-refractivity contribution in [3.63, 3.8) is 0 Å². The summed E-state index contributed by atoms with van der Waals surface area (Å²) in [5.41, 5.74) is 7.00. The molecule has 2 amide bonds. The summed E-state index contributed by atoms with van der Waals surface area (Å²) in [7, 11) is 1.86. The summed E-state index contributed by atoms with van der Waals surface area (Å²) in [4.78, 5) is 32.2. The number of carbonyl (C=O) groups is 2. The molecule has 0 unspecified atom stereocenters. The number of aromatic nitrogens is 3. The van der Waals surface area contributed by atoms with Crippen LogP contribution in [0.15, 0.2) is 42.9 Å². The third kappa shape index (κ3) is 2.89. The van der Waals surface area contributed by atoms with Gasteiger partial charge in [-0.3, -0.25) is 25.4 Å². The second-order valence-corrected chi connectivity index (χ2v) is 5.12. The highest BCUT2D eigenvalue weighted by Gasteiger charge is 2.15. The molecule has 0 aliphatic rings. The van der Waals surface area contributed by atoms with Gasteiger partial charge in [0.2, 0.25) is 0 Å². The summed E-state index contributed by atoms with van der Waals surface area (Å²) in [5, 5.41) is 0.817. The average Bonchev–Trinajstić information content (AvgIpc) is 2.90. The van der Waals surface area contributed by atoms with Crippen molar-refractivity contribution in [1.82, 2.24) is 25.4 Å². The van der Waals surface area contributed by atoms with E-state index < -0.39 is 11.8 Å². The van der Waals surface area contributed by atoms with Gasteiger partial charge >= 0.3 is 0 Å². The molecule has 0 bridgehead atoms. The monoisotopic (exact) mass is 309 g/mol. The van der Waals surface area contributed by atoms with Crippen LogP contribution < -0.4 is 10.9 Å². The van der Waals surface area contributed by atoms with Crippen molar-refractivity contribution in [2.24, 2.45) is 7.05 Å². The molecule has 116 valence electrons. The summed E-state index contributed by atoms with van der Waals surface area (Å²) < 4.78 is 1.86. The fourth-order valence-corrected chi connectivity index (χ4v) is 2.28. The molecule has 0 saturated carbocycles. The number of nitrogens with zero attached hydrogens (tertiary/aromatic N) is 3. The molecule has 1 aromatic carbocycles. The summed E-state index contributed by atoms with van der Waals surface area (Å²) in [5.74, 6) is -0.915. The zero-order chi connectivity index (χ0) is 16.4. The maximum absolute atomic E-state index is 12.3. The van der Waals surface area contributed by atoms with E-state index >= 15 is 0 Å². The van der Waals surface area contributed by atoms with Crippen LogP contribution in [0.5, 0.6) is 0 Å². The van der Waals surface area contributed by atoms with Gasteiger partial charge in [0, 0.05) is 30.3 Å². The minimum Gasteiger partial charge on any atom is -0.350 e. The molecular weight excluding hydrogens is 294 g/mol. The van der Waals surface area contributed by atoms with Crippen LogP contribution in [0, 0.1) is 6.92 Å². The Morgan fingerprint density at radius 1 is 1.04 bits per heavy atom. The van der Waals surface area contributed by atoms with Crippen LogP contribution >= 0.6 is 0 Å². The quantitative estimate of drug-likeness (QED) is 0.699. The standard InChI is InChI=1S/C16H15N5O2/c1-10-7-18-13(8-17-10)16(23)20-19-15(22)12-9-21(2)14-6-4-3-5-11(12)14/h3-9H,1-2H3,(H,19,22)(H,20,23). The van der Waals surface area contributed by atoms with Crippen LogP contribution in [0.4, 0.5) is 0 Å². The largest absolute Gasteiger partial charge is 0.350 e. The number of benzene rings is 1. The summed E-state index contributed by atoms with van der Waals surface area (Å²) in [6.07, 6.45) is 4.56. The molecule has 23 heavy (non-hydrogen) atoms. The fraction of sp³-hybridized carbons (Fsp3) is 0.125. The Morgan fingerprint density at radius 3 is 2.52 bits per heavy atom. The maximum Gasteiger partial charge on any atom is 0.289 e. The van der Waals surface area contributed by atoms with Crippen LogP contribution in [-0.2, 0) is 7.05 Å². The molecular formula is C16H15N5O2. The first-order valence-corrected chi connectivity index (χ1v) is 6.99. The Morgan fingerprint density at radius 2 is 1.78 bits per heavy atom. The predicted octanol–water partition coefficient (Wildman–Crippen LogP) is 1.35. The van der Waals surface area contributed by atoms with Crippen molar-refractivity contribution in [1.29, 1.82) is 0 Å². The number of carbonyl (C=O) groups excluding carboxylic acids is 2. The molecule has 0 aliphatic carbocycles. The highest BCUT2D eigenvalue weighted by molar-refractivity contribution is 6.07. The summed E-state index contributed by atoms with van der Waals surface area (Å²) in [6.45, 7) is 1.77. The predicted molar refractivity (Wildman–Crippen MR) is 84.6 cm³/mol. The Hall–Kier alpha value is -3.22. The first-order chi connectivity index (χ1) is 11.1. The smallest absolute Gasteiger partial charge is 0.289 e. The average molecular weight is 309 g/mol. The molecule has 2 N–H and O–H groups in total. The topological polar surface area (TPSA) is 88.9 Å². The molecule has 0 saturated heterocycles. The van der Waals surface area contributed by atoms with Gasteiger partial charge in [-0.15, -0.1) is 0 Å². The molecule has 2 aromatic heterocycles. The van der Waals surface area contributed by atoms with E-state index in [9.17, 15) is 9.59 Å². The molecule has 0 radical (unpaired) electrons. The van der Waals surface area contributed by atoms with Crippen molar-refractivity contribution in [2.45, 2.75) is 6.92 Å². The summed E-state index contributed by atoms with van der Waals surface area (Å²) in [6, 6.07) is 7.55. The van der Waals surface area contributed by atoms with Gasteiger partial charge < -0.3 is 4.57 Å². The van der Waals surface area contributed by atoms with Gasteiger partial charge in [0.15, 0.2) is 0 Å². The first kappa shape index (κ1) is 14.7. The second kappa shape index (κ2) is 5.88. The highest BCUT2D eigenvalue weighted by atomic mass is 16.2. The van der Waals surface area contributed by atoms with E-state index in [0.717, 1.165) is 10.9 Å². The van der Waals surface area contributed by atoms with Gasteiger partial charge in [0.05, 0.1) is 17.5 Å². The van der Waals surface area contributed by atoms with Gasteiger partial charge in [-0.25, -0.2) is 4.98 Å². The number of hydrogen-bond donors (Lipinski definition) is 2. The molecule has 3 rings (SSSR count). The Labute approximate surface area is 132 Å². The van der Waals surface area contributed by atoms with E-state index in [2.05, 4.69) is 20.8 Å². The van der Waals surface area contributed by atoms with Gasteiger partial charge in [-0.05, 0) is 13.0 Å². The number of aryl methyl sites for hydroxylation is 2. The zero-order valence-corrected chi connectivity index (χ0v) is 12.7. The fourth-order valence-electron chi connectivity index (χ4n) is 2.28.